The standard InChI is InChI=1S/C24H28N4O3/c1-3-15-28(16-22(29)26-19-11-6-4-9-17(19)2)23(30)14-8-13-21-25-20-12-7-5-10-18(20)24(31)27-21/h4-7,9-12H,3,8,13-16H2,1-2H3,(H,26,29)(H,25,27,31). The van der Waals surface area contributed by atoms with E-state index in [1.54, 1.807) is 23.1 Å². The lowest BCUT2D eigenvalue weighted by Gasteiger charge is -2.22. The fourth-order valence-electron chi connectivity index (χ4n) is 3.46. The predicted octanol–water partition coefficient (Wildman–Crippen LogP) is 3.43. The minimum absolute atomic E-state index is 0.0199. The molecule has 2 aromatic carbocycles. The maximum absolute atomic E-state index is 12.7. The molecule has 0 spiro atoms. The first-order valence-corrected chi connectivity index (χ1v) is 10.6. The van der Waals surface area contributed by atoms with Gasteiger partial charge in [0.2, 0.25) is 11.8 Å². The van der Waals surface area contributed by atoms with Crippen LogP contribution >= 0.6 is 0 Å². The lowest BCUT2D eigenvalue weighted by Crippen LogP contribution is -2.38. The van der Waals surface area contributed by atoms with E-state index in [0.717, 1.165) is 17.7 Å². The number of benzene rings is 2. The number of amides is 2. The number of nitrogens with one attached hydrogen (secondary N) is 2. The van der Waals surface area contributed by atoms with Crippen LogP contribution < -0.4 is 10.9 Å². The first-order chi connectivity index (χ1) is 15.0. The van der Waals surface area contributed by atoms with Crippen LogP contribution in [0.4, 0.5) is 5.69 Å². The number of para-hydroxylation sites is 2. The van der Waals surface area contributed by atoms with Crippen LogP contribution in [0.25, 0.3) is 10.9 Å². The topological polar surface area (TPSA) is 95.2 Å². The van der Waals surface area contributed by atoms with E-state index in [1.165, 1.54) is 0 Å². The van der Waals surface area contributed by atoms with Gasteiger partial charge in [-0.2, -0.15) is 0 Å². The van der Waals surface area contributed by atoms with Crippen molar-refractivity contribution in [2.45, 2.75) is 39.5 Å². The van der Waals surface area contributed by atoms with Gasteiger partial charge >= 0.3 is 0 Å². The van der Waals surface area contributed by atoms with E-state index in [1.807, 2.05) is 44.2 Å². The Bertz CT molecular complexity index is 1120. The fraction of sp³-hybridized carbons (Fsp3) is 0.333. The molecule has 0 aliphatic heterocycles. The largest absolute Gasteiger partial charge is 0.333 e. The van der Waals surface area contributed by atoms with E-state index < -0.39 is 0 Å². The second-order valence-corrected chi connectivity index (χ2v) is 7.56. The lowest BCUT2D eigenvalue weighted by atomic mass is 10.2. The number of carbonyl (C=O) groups is 2. The zero-order valence-electron chi connectivity index (χ0n) is 18.0. The molecule has 0 radical (unpaired) electrons. The minimum Gasteiger partial charge on any atom is -0.333 e. The molecule has 1 heterocycles. The molecular weight excluding hydrogens is 392 g/mol. The molecular formula is C24H28N4O3. The van der Waals surface area contributed by atoms with Gasteiger partial charge < -0.3 is 15.2 Å². The highest BCUT2D eigenvalue weighted by atomic mass is 16.2. The van der Waals surface area contributed by atoms with Gasteiger partial charge in [-0.1, -0.05) is 37.3 Å². The minimum atomic E-state index is -0.211. The third-order valence-electron chi connectivity index (χ3n) is 5.07. The van der Waals surface area contributed by atoms with Crippen LogP contribution in [0.1, 0.15) is 37.6 Å². The zero-order valence-corrected chi connectivity index (χ0v) is 18.0. The number of anilines is 1. The molecule has 0 bridgehead atoms. The number of H-pyrrole nitrogens is 1. The Hall–Kier alpha value is -3.48. The van der Waals surface area contributed by atoms with Gasteiger partial charge in [0.15, 0.2) is 0 Å². The van der Waals surface area contributed by atoms with Crippen molar-refractivity contribution in [2.24, 2.45) is 0 Å². The third kappa shape index (κ3) is 6.01. The summed E-state index contributed by atoms with van der Waals surface area (Å²) in [5.74, 6) is 0.275. The molecule has 31 heavy (non-hydrogen) atoms. The van der Waals surface area contributed by atoms with Crippen molar-refractivity contribution in [3.05, 3.63) is 70.3 Å². The van der Waals surface area contributed by atoms with Gasteiger partial charge in [0.25, 0.3) is 5.56 Å². The molecule has 3 aromatic rings. The summed E-state index contributed by atoms with van der Waals surface area (Å²) < 4.78 is 0. The van der Waals surface area contributed by atoms with Gasteiger partial charge in [0.05, 0.1) is 17.4 Å². The van der Waals surface area contributed by atoms with Crippen molar-refractivity contribution in [3.8, 4) is 0 Å². The van der Waals surface area contributed by atoms with Crippen LogP contribution in [-0.2, 0) is 16.0 Å². The molecule has 0 saturated carbocycles. The van der Waals surface area contributed by atoms with Gasteiger partial charge in [-0.3, -0.25) is 14.4 Å². The summed E-state index contributed by atoms with van der Waals surface area (Å²) in [6.07, 6.45) is 2.08. The van der Waals surface area contributed by atoms with Crippen molar-refractivity contribution in [1.82, 2.24) is 14.9 Å². The molecule has 162 valence electrons. The SMILES string of the molecule is CCCN(CC(=O)Nc1ccccc1C)C(=O)CCCc1nc2ccccc2c(=O)[nH]1. The quantitative estimate of drug-likeness (QED) is 0.554. The van der Waals surface area contributed by atoms with Crippen LogP contribution in [0.5, 0.6) is 0 Å². The summed E-state index contributed by atoms with van der Waals surface area (Å²) in [4.78, 5) is 46.2. The van der Waals surface area contributed by atoms with Gasteiger partial charge in [0, 0.05) is 25.1 Å². The molecule has 0 aliphatic carbocycles. The number of rotatable bonds is 9. The Morgan fingerprint density at radius 2 is 1.84 bits per heavy atom. The lowest BCUT2D eigenvalue weighted by molar-refractivity contribution is -0.134. The highest BCUT2D eigenvalue weighted by Crippen LogP contribution is 2.13. The monoisotopic (exact) mass is 420 g/mol. The van der Waals surface area contributed by atoms with Crippen molar-refractivity contribution in [1.29, 1.82) is 0 Å². The van der Waals surface area contributed by atoms with E-state index in [2.05, 4.69) is 15.3 Å². The summed E-state index contributed by atoms with van der Waals surface area (Å²) >= 11 is 0. The van der Waals surface area contributed by atoms with Crippen LogP contribution in [-0.4, -0.2) is 39.8 Å². The Labute approximate surface area is 181 Å². The average Bonchev–Trinajstić information content (AvgIpc) is 2.75. The number of hydrogen-bond donors (Lipinski definition) is 2. The van der Waals surface area contributed by atoms with Gasteiger partial charge in [0.1, 0.15) is 5.82 Å². The van der Waals surface area contributed by atoms with E-state index in [4.69, 9.17) is 0 Å². The Balaban J connectivity index is 1.56. The highest BCUT2D eigenvalue weighted by molar-refractivity contribution is 5.95. The Kier molecular flexibility index (Phi) is 7.54. The summed E-state index contributed by atoms with van der Waals surface area (Å²) in [6.45, 7) is 4.44. The second kappa shape index (κ2) is 10.5. The summed E-state index contributed by atoms with van der Waals surface area (Å²) in [7, 11) is 0. The van der Waals surface area contributed by atoms with Gasteiger partial charge in [-0.25, -0.2) is 4.98 Å². The van der Waals surface area contributed by atoms with Gasteiger partial charge in [-0.05, 0) is 43.5 Å². The molecule has 2 N–H and O–H groups in total. The molecule has 7 nitrogen and oxygen atoms in total. The van der Waals surface area contributed by atoms with Crippen LogP contribution in [0.15, 0.2) is 53.3 Å². The predicted molar refractivity (Wildman–Crippen MR) is 122 cm³/mol. The number of fused-ring (bicyclic) bond motifs is 1. The molecule has 1 aromatic heterocycles. The van der Waals surface area contributed by atoms with Crippen LogP contribution in [0.3, 0.4) is 0 Å². The Morgan fingerprint density at radius 3 is 2.61 bits per heavy atom. The number of nitrogens with zero attached hydrogens (tertiary/aromatic N) is 2. The van der Waals surface area contributed by atoms with Crippen molar-refractivity contribution >= 4 is 28.4 Å². The van der Waals surface area contributed by atoms with Crippen molar-refractivity contribution in [2.75, 3.05) is 18.4 Å². The van der Waals surface area contributed by atoms with E-state index in [9.17, 15) is 14.4 Å². The number of carbonyl (C=O) groups excluding carboxylic acids is 2. The molecule has 3 rings (SSSR count). The summed E-state index contributed by atoms with van der Waals surface area (Å²) in [5, 5.41) is 3.43. The fourth-order valence-corrected chi connectivity index (χ4v) is 3.46. The molecule has 7 heteroatoms. The summed E-state index contributed by atoms with van der Waals surface area (Å²) in [6, 6.07) is 14.7. The molecule has 0 fully saturated rings. The van der Waals surface area contributed by atoms with Crippen LogP contribution in [0, 0.1) is 6.92 Å². The van der Waals surface area contributed by atoms with Crippen molar-refractivity contribution in [3.63, 3.8) is 0 Å². The molecule has 2 amide bonds. The number of aryl methyl sites for hydroxylation is 2. The number of aromatic amines is 1. The third-order valence-corrected chi connectivity index (χ3v) is 5.07. The van der Waals surface area contributed by atoms with E-state index in [0.29, 0.717) is 36.1 Å². The normalized spacial score (nSPS) is 10.8. The average molecular weight is 421 g/mol. The Morgan fingerprint density at radius 1 is 1.10 bits per heavy atom. The van der Waals surface area contributed by atoms with E-state index in [-0.39, 0.29) is 30.3 Å². The highest BCUT2D eigenvalue weighted by Gasteiger charge is 2.17. The molecule has 0 saturated heterocycles. The maximum atomic E-state index is 12.7. The first kappa shape index (κ1) is 22.2. The second-order valence-electron chi connectivity index (χ2n) is 7.56. The zero-order chi connectivity index (χ0) is 22.2. The first-order valence-electron chi connectivity index (χ1n) is 10.6. The maximum Gasteiger partial charge on any atom is 0.258 e. The molecule has 0 aliphatic rings. The smallest absolute Gasteiger partial charge is 0.258 e. The van der Waals surface area contributed by atoms with Gasteiger partial charge in [-0.15, -0.1) is 0 Å². The molecule has 0 unspecified atom stereocenters. The molecule has 0 atom stereocenters. The number of hydrogen-bond acceptors (Lipinski definition) is 4. The van der Waals surface area contributed by atoms with Crippen LogP contribution in [0.2, 0.25) is 0 Å². The van der Waals surface area contributed by atoms with Crippen molar-refractivity contribution < 1.29 is 9.59 Å². The van der Waals surface area contributed by atoms with E-state index >= 15 is 0 Å². The summed E-state index contributed by atoms with van der Waals surface area (Å²) in [5.41, 5.74) is 2.20. The number of aromatic nitrogens is 2.